The number of aryl methyl sites for hydroxylation is 1. The van der Waals surface area contributed by atoms with Gasteiger partial charge >= 0.3 is 0 Å². The van der Waals surface area contributed by atoms with E-state index in [9.17, 15) is 23.3 Å². The second-order valence-corrected chi connectivity index (χ2v) is 10.2. The maximum Gasteiger partial charge on any atom is 0.269 e. The summed E-state index contributed by atoms with van der Waals surface area (Å²) in [6, 6.07) is 22.3. The zero-order valence-electron chi connectivity index (χ0n) is 20.6. The van der Waals surface area contributed by atoms with Crippen molar-refractivity contribution in [2.45, 2.75) is 18.7 Å². The van der Waals surface area contributed by atoms with Crippen molar-refractivity contribution in [3.05, 3.63) is 112 Å². The number of benzene rings is 3. The van der Waals surface area contributed by atoms with Crippen molar-refractivity contribution in [3.63, 3.8) is 0 Å². The van der Waals surface area contributed by atoms with E-state index in [1.807, 2.05) is 13.0 Å². The molecule has 194 valence electrons. The molecule has 0 saturated carbocycles. The van der Waals surface area contributed by atoms with E-state index in [0.29, 0.717) is 22.8 Å². The third-order valence-electron chi connectivity index (χ3n) is 5.83. The number of hydrogen-bond donors (Lipinski definition) is 1. The first kappa shape index (κ1) is 26.3. The lowest BCUT2D eigenvalue weighted by atomic mass is 10.1. The topological polar surface area (TPSA) is 135 Å². The van der Waals surface area contributed by atoms with Gasteiger partial charge in [0.15, 0.2) is 0 Å². The molecular weight excluding hydrogens is 508 g/mol. The molecule has 0 radical (unpaired) electrons. The van der Waals surface area contributed by atoms with Crippen molar-refractivity contribution in [3.8, 4) is 11.3 Å². The Morgan fingerprint density at radius 3 is 2.39 bits per heavy atom. The van der Waals surface area contributed by atoms with Crippen LogP contribution in [0, 0.1) is 24.0 Å². The van der Waals surface area contributed by atoms with Crippen molar-refractivity contribution < 1.29 is 22.6 Å². The summed E-state index contributed by atoms with van der Waals surface area (Å²) in [5.74, 6) is 0.133. The summed E-state index contributed by atoms with van der Waals surface area (Å²) in [5, 5.41) is 14.7. The number of sulfonamides is 1. The molecule has 0 aliphatic heterocycles. The third kappa shape index (κ3) is 5.79. The molecule has 3 aromatic carbocycles. The van der Waals surface area contributed by atoms with Gasteiger partial charge in [-0.05, 0) is 67.4 Å². The summed E-state index contributed by atoms with van der Waals surface area (Å²) in [4.78, 5) is 23.2. The Bertz CT molecular complexity index is 1600. The first-order valence-electron chi connectivity index (χ1n) is 11.5. The second-order valence-electron chi connectivity index (χ2n) is 8.34. The van der Waals surface area contributed by atoms with Crippen LogP contribution in [0.2, 0.25) is 0 Å². The second kappa shape index (κ2) is 11.1. The number of hydrogen-bond acceptors (Lipinski definition) is 7. The quantitative estimate of drug-likeness (QED) is 0.187. The van der Waals surface area contributed by atoms with Gasteiger partial charge < -0.3 is 4.42 Å². The zero-order valence-corrected chi connectivity index (χ0v) is 21.4. The highest BCUT2D eigenvalue weighted by atomic mass is 32.2. The molecule has 0 unspecified atom stereocenters. The molecule has 4 rings (SSSR count). The summed E-state index contributed by atoms with van der Waals surface area (Å²) in [7, 11) is -4.04. The van der Waals surface area contributed by atoms with Crippen LogP contribution in [0.5, 0.6) is 0 Å². The van der Waals surface area contributed by atoms with Crippen molar-refractivity contribution in [1.29, 1.82) is 0 Å². The van der Waals surface area contributed by atoms with Gasteiger partial charge in [0.25, 0.3) is 21.6 Å². The van der Waals surface area contributed by atoms with Gasteiger partial charge in [0.05, 0.1) is 21.7 Å². The number of amides is 1. The minimum Gasteiger partial charge on any atom is -0.455 e. The Morgan fingerprint density at radius 1 is 1.00 bits per heavy atom. The monoisotopic (exact) mass is 532 g/mol. The maximum atomic E-state index is 13.5. The minimum absolute atomic E-state index is 0.0333. The van der Waals surface area contributed by atoms with Crippen molar-refractivity contribution in [1.82, 2.24) is 5.43 Å². The molecule has 1 N–H and O–H groups in total. The molecule has 4 aromatic rings. The smallest absolute Gasteiger partial charge is 0.269 e. The van der Waals surface area contributed by atoms with Gasteiger partial charge in [-0.2, -0.15) is 5.10 Å². The van der Waals surface area contributed by atoms with Crippen molar-refractivity contribution in [2.75, 3.05) is 10.8 Å². The SMILES string of the molecule is Cc1cccc(N(CC(=O)N/N=C\c2ccc(-c3ccc([N+](=O)[O-])cc3)o2)S(=O)(=O)c2ccccc2)c1C. The lowest BCUT2D eigenvalue weighted by Crippen LogP contribution is -2.40. The van der Waals surface area contributed by atoms with Gasteiger partial charge in [-0.25, -0.2) is 13.8 Å². The average Bonchev–Trinajstić information content (AvgIpc) is 3.38. The number of nitro groups is 1. The Hall–Kier alpha value is -4.77. The third-order valence-corrected chi connectivity index (χ3v) is 7.61. The Morgan fingerprint density at radius 2 is 1.71 bits per heavy atom. The van der Waals surface area contributed by atoms with E-state index in [4.69, 9.17) is 4.42 Å². The largest absolute Gasteiger partial charge is 0.455 e. The summed E-state index contributed by atoms with van der Waals surface area (Å²) in [5.41, 5.74) is 4.96. The lowest BCUT2D eigenvalue weighted by molar-refractivity contribution is -0.384. The summed E-state index contributed by atoms with van der Waals surface area (Å²) in [6.45, 7) is 3.17. The van der Waals surface area contributed by atoms with Crippen LogP contribution in [0.25, 0.3) is 11.3 Å². The van der Waals surface area contributed by atoms with E-state index >= 15 is 0 Å². The first-order valence-corrected chi connectivity index (χ1v) is 12.9. The number of furan rings is 1. The highest BCUT2D eigenvalue weighted by molar-refractivity contribution is 7.92. The molecule has 38 heavy (non-hydrogen) atoms. The number of nitro benzene ring substituents is 1. The van der Waals surface area contributed by atoms with Gasteiger partial charge in [0.2, 0.25) is 0 Å². The van der Waals surface area contributed by atoms with Crippen LogP contribution in [0.1, 0.15) is 16.9 Å². The first-order chi connectivity index (χ1) is 18.2. The van der Waals surface area contributed by atoms with E-state index in [1.54, 1.807) is 61.5 Å². The van der Waals surface area contributed by atoms with Crippen molar-refractivity contribution in [2.24, 2.45) is 5.10 Å². The molecule has 0 aliphatic carbocycles. The van der Waals surface area contributed by atoms with Gasteiger partial charge in [0, 0.05) is 17.7 Å². The number of rotatable bonds is 9. The van der Waals surface area contributed by atoms with Gasteiger partial charge in [-0.1, -0.05) is 30.3 Å². The van der Waals surface area contributed by atoms with Crippen LogP contribution in [0.15, 0.2) is 99.3 Å². The minimum atomic E-state index is -4.04. The molecule has 1 amide bonds. The van der Waals surface area contributed by atoms with Gasteiger partial charge in [0.1, 0.15) is 18.1 Å². The maximum absolute atomic E-state index is 13.5. The predicted molar refractivity (Wildman–Crippen MR) is 143 cm³/mol. The van der Waals surface area contributed by atoms with Crippen molar-refractivity contribution >= 4 is 33.5 Å². The molecular formula is C27H24N4O6S. The van der Waals surface area contributed by atoms with Gasteiger partial charge in [-0.15, -0.1) is 0 Å². The van der Waals surface area contributed by atoms with E-state index in [-0.39, 0.29) is 10.6 Å². The molecule has 11 heteroatoms. The van der Waals surface area contributed by atoms with Crippen LogP contribution in [0.3, 0.4) is 0 Å². The normalized spacial score (nSPS) is 11.4. The number of carbonyl (C=O) groups is 1. The summed E-state index contributed by atoms with van der Waals surface area (Å²) < 4.78 is 33.7. The fourth-order valence-electron chi connectivity index (χ4n) is 3.68. The van der Waals surface area contributed by atoms with E-state index < -0.39 is 27.4 Å². The molecule has 0 saturated heterocycles. The summed E-state index contributed by atoms with van der Waals surface area (Å²) >= 11 is 0. The van der Waals surface area contributed by atoms with E-state index in [1.165, 1.54) is 30.5 Å². The molecule has 10 nitrogen and oxygen atoms in total. The highest BCUT2D eigenvalue weighted by Gasteiger charge is 2.28. The van der Waals surface area contributed by atoms with Crippen LogP contribution >= 0.6 is 0 Å². The Labute approximate surface area is 219 Å². The zero-order chi connectivity index (χ0) is 27.3. The average molecular weight is 533 g/mol. The fourth-order valence-corrected chi connectivity index (χ4v) is 5.18. The number of nitrogens with one attached hydrogen (secondary N) is 1. The molecule has 0 spiro atoms. The Kier molecular flexibility index (Phi) is 7.68. The standard InChI is InChI=1S/C27H24N4O6S/c1-19-7-6-10-25(20(19)2)30(38(35,36)24-8-4-3-5-9-24)18-27(32)29-28-17-23-15-16-26(37-23)21-11-13-22(14-12-21)31(33)34/h3-17H,18H2,1-2H3,(H,29,32)/b28-17-. The molecule has 0 aliphatic rings. The fraction of sp³-hybridized carbons (Fsp3) is 0.111. The van der Waals surface area contributed by atoms with E-state index in [2.05, 4.69) is 10.5 Å². The molecule has 0 bridgehead atoms. The molecule has 0 atom stereocenters. The lowest BCUT2D eigenvalue weighted by Gasteiger charge is -2.25. The number of nitrogens with zero attached hydrogens (tertiary/aromatic N) is 3. The van der Waals surface area contributed by atoms with Crippen LogP contribution in [0.4, 0.5) is 11.4 Å². The van der Waals surface area contributed by atoms with Gasteiger partial charge in [-0.3, -0.25) is 19.2 Å². The molecule has 1 aromatic heterocycles. The Balaban J connectivity index is 1.50. The number of anilines is 1. The molecule has 0 fully saturated rings. The summed E-state index contributed by atoms with van der Waals surface area (Å²) in [6.07, 6.45) is 1.28. The van der Waals surface area contributed by atoms with Crippen LogP contribution in [-0.2, 0) is 14.8 Å². The van der Waals surface area contributed by atoms with Crippen LogP contribution in [-0.4, -0.2) is 32.0 Å². The number of non-ortho nitro benzene ring substituents is 1. The number of carbonyl (C=O) groups excluding carboxylic acids is 1. The highest BCUT2D eigenvalue weighted by Crippen LogP contribution is 2.28. The number of hydrazone groups is 1. The van der Waals surface area contributed by atoms with E-state index in [0.717, 1.165) is 15.4 Å². The molecule has 1 heterocycles. The van der Waals surface area contributed by atoms with Crippen LogP contribution < -0.4 is 9.73 Å². The predicted octanol–water partition coefficient (Wildman–Crippen LogP) is 4.82.